The Balaban J connectivity index is 2.34. The van der Waals surface area contributed by atoms with Crippen molar-refractivity contribution in [2.24, 2.45) is 0 Å². The van der Waals surface area contributed by atoms with Crippen molar-refractivity contribution < 1.29 is 9.72 Å². The lowest BCUT2D eigenvalue weighted by Crippen LogP contribution is -2.15. The third kappa shape index (κ3) is 3.38. The van der Waals surface area contributed by atoms with Crippen LogP contribution in [0.3, 0.4) is 0 Å². The van der Waals surface area contributed by atoms with Gasteiger partial charge in [0.2, 0.25) is 0 Å². The number of nitrogens with two attached hydrogens (primary N) is 1. The number of carbonyl (C=O) groups is 1. The fourth-order valence-corrected chi connectivity index (χ4v) is 2.13. The Hall–Kier alpha value is -2.41. The number of amides is 1. The van der Waals surface area contributed by atoms with Gasteiger partial charge in [-0.15, -0.1) is 0 Å². The summed E-state index contributed by atoms with van der Waals surface area (Å²) in [6.45, 7) is 1.85. The smallest absolute Gasteiger partial charge is 0.270 e. The van der Waals surface area contributed by atoms with Crippen LogP contribution >= 0.6 is 15.9 Å². The van der Waals surface area contributed by atoms with E-state index in [4.69, 9.17) is 5.73 Å². The number of benzene rings is 2. The van der Waals surface area contributed by atoms with Crippen LogP contribution in [0.15, 0.2) is 40.9 Å². The molecule has 3 N–H and O–H groups in total. The third-order valence-electron chi connectivity index (χ3n) is 2.94. The minimum absolute atomic E-state index is 0.0728. The first-order valence-electron chi connectivity index (χ1n) is 6.00. The highest BCUT2D eigenvalue weighted by Gasteiger charge is 2.16. The molecule has 0 atom stereocenters. The van der Waals surface area contributed by atoms with Gasteiger partial charge in [-0.1, -0.05) is 22.0 Å². The number of nitrogens with one attached hydrogen (secondary N) is 1. The number of non-ortho nitro benzene ring substituents is 1. The fraction of sp³-hybridized carbons (Fsp3) is 0.0714. The van der Waals surface area contributed by atoms with E-state index in [1.165, 1.54) is 12.1 Å². The van der Waals surface area contributed by atoms with Gasteiger partial charge in [-0.25, -0.2) is 0 Å². The average molecular weight is 350 g/mol. The van der Waals surface area contributed by atoms with E-state index in [1.807, 2.05) is 19.1 Å². The second-order valence-electron chi connectivity index (χ2n) is 4.44. The Morgan fingerprint density at radius 3 is 2.67 bits per heavy atom. The van der Waals surface area contributed by atoms with Crippen molar-refractivity contribution in [3.05, 3.63) is 62.1 Å². The number of nitro groups is 1. The zero-order chi connectivity index (χ0) is 15.6. The molecule has 108 valence electrons. The second-order valence-corrected chi connectivity index (χ2v) is 5.36. The van der Waals surface area contributed by atoms with E-state index < -0.39 is 10.8 Å². The number of hydrogen-bond donors (Lipinski definition) is 2. The number of nitrogens with zero attached hydrogens (tertiary/aromatic N) is 1. The first-order valence-corrected chi connectivity index (χ1v) is 6.79. The minimum Gasteiger partial charge on any atom is -0.398 e. The maximum Gasteiger partial charge on any atom is 0.270 e. The molecule has 0 heterocycles. The Bertz CT molecular complexity index is 731. The molecule has 0 aliphatic carbocycles. The summed E-state index contributed by atoms with van der Waals surface area (Å²) in [4.78, 5) is 22.4. The van der Waals surface area contributed by atoms with Crippen LogP contribution in [0, 0.1) is 17.0 Å². The van der Waals surface area contributed by atoms with Gasteiger partial charge in [0.25, 0.3) is 11.6 Å². The largest absolute Gasteiger partial charge is 0.398 e. The zero-order valence-corrected chi connectivity index (χ0v) is 12.7. The molecule has 7 heteroatoms. The van der Waals surface area contributed by atoms with Crippen molar-refractivity contribution in [2.75, 3.05) is 11.1 Å². The molecule has 0 unspecified atom stereocenters. The Kier molecular flexibility index (Phi) is 4.23. The molecule has 0 aromatic heterocycles. The van der Waals surface area contributed by atoms with Crippen molar-refractivity contribution in [1.82, 2.24) is 0 Å². The number of nitrogen functional groups attached to an aromatic ring is 1. The van der Waals surface area contributed by atoms with Crippen LogP contribution < -0.4 is 11.1 Å². The summed E-state index contributed by atoms with van der Waals surface area (Å²) in [5.74, 6) is -0.489. The van der Waals surface area contributed by atoms with Gasteiger partial charge in [-0.3, -0.25) is 14.9 Å². The van der Waals surface area contributed by atoms with E-state index in [0.29, 0.717) is 5.69 Å². The highest BCUT2D eigenvalue weighted by atomic mass is 79.9. The highest BCUT2D eigenvalue weighted by molar-refractivity contribution is 9.10. The van der Waals surface area contributed by atoms with Crippen molar-refractivity contribution in [2.45, 2.75) is 6.92 Å². The van der Waals surface area contributed by atoms with Gasteiger partial charge in [-0.05, 0) is 30.7 Å². The van der Waals surface area contributed by atoms with E-state index in [2.05, 4.69) is 21.2 Å². The Morgan fingerprint density at radius 2 is 2.00 bits per heavy atom. The van der Waals surface area contributed by atoms with Crippen LogP contribution in [0.2, 0.25) is 0 Å². The molecule has 2 rings (SSSR count). The number of carbonyl (C=O) groups excluding carboxylic acids is 1. The summed E-state index contributed by atoms with van der Waals surface area (Å²) in [5.41, 5.74) is 7.28. The number of rotatable bonds is 3. The van der Waals surface area contributed by atoms with E-state index in [0.717, 1.165) is 16.1 Å². The number of aryl methyl sites for hydroxylation is 1. The predicted octanol–water partition coefficient (Wildman–Crippen LogP) is 3.50. The lowest BCUT2D eigenvalue weighted by atomic mass is 10.1. The molecule has 0 saturated heterocycles. The van der Waals surface area contributed by atoms with Gasteiger partial charge in [0, 0.05) is 28.0 Å². The summed E-state index contributed by atoms with van der Waals surface area (Å²) >= 11 is 3.32. The summed E-state index contributed by atoms with van der Waals surface area (Å²) in [5, 5.41) is 13.5. The SMILES string of the molecule is Cc1ccc(Br)cc1NC(=O)c1cc([N+](=O)[O-])ccc1N. The van der Waals surface area contributed by atoms with E-state index in [1.54, 1.807) is 6.07 Å². The zero-order valence-electron chi connectivity index (χ0n) is 11.1. The normalized spacial score (nSPS) is 10.2. The van der Waals surface area contributed by atoms with Crippen LogP contribution in [0.1, 0.15) is 15.9 Å². The van der Waals surface area contributed by atoms with Crippen LogP contribution in [0.5, 0.6) is 0 Å². The van der Waals surface area contributed by atoms with Gasteiger partial charge < -0.3 is 11.1 Å². The summed E-state index contributed by atoms with van der Waals surface area (Å²) in [6.07, 6.45) is 0. The van der Waals surface area contributed by atoms with E-state index in [-0.39, 0.29) is 16.9 Å². The molecule has 6 nitrogen and oxygen atoms in total. The van der Waals surface area contributed by atoms with Gasteiger partial charge in [0.1, 0.15) is 0 Å². The molecule has 0 radical (unpaired) electrons. The third-order valence-corrected chi connectivity index (χ3v) is 3.43. The summed E-state index contributed by atoms with van der Waals surface area (Å²) < 4.78 is 0.815. The number of halogens is 1. The van der Waals surface area contributed by atoms with Crippen molar-refractivity contribution in [1.29, 1.82) is 0 Å². The molecule has 0 spiro atoms. The fourth-order valence-electron chi connectivity index (χ4n) is 1.77. The lowest BCUT2D eigenvalue weighted by Gasteiger charge is -2.10. The van der Waals surface area contributed by atoms with Crippen LogP contribution in [0.4, 0.5) is 17.1 Å². The Morgan fingerprint density at radius 1 is 1.29 bits per heavy atom. The minimum atomic E-state index is -0.569. The van der Waals surface area contributed by atoms with Crippen LogP contribution in [0.25, 0.3) is 0 Å². The standard InChI is InChI=1S/C14H12BrN3O3/c1-8-2-3-9(15)6-13(8)17-14(19)11-7-10(18(20)21)4-5-12(11)16/h2-7H,16H2,1H3,(H,17,19). The average Bonchev–Trinajstić information content (AvgIpc) is 2.43. The molecule has 0 aliphatic heterocycles. The van der Waals surface area contributed by atoms with Crippen LogP contribution in [-0.4, -0.2) is 10.8 Å². The number of hydrogen-bond acceptors (Lipinski definition) is 4. The number of nitro benzene ring substituents is 1. The summed E-state index contributed by atoms with van der Waals surface area (Å²) in [7, 11) is 0. The van der Waals surface area contributed by atoms with Gasteiger partial charge >= 0.3 is 0 Å². The summed E-state index contributed by atoms with van der Waals surface area (Å²) in [6, 6.07) is 9.22. The molecule has 2 aromatic carbocycles. The van der Waals surface area contributed by atoms with E-state index in [9.17, 15) is 14.9 Å². The highest BCUT2D eigenvalue weighted by Crippen LogP contribution is 2.24. The van der Waals surface area contributed by atoms with Gasteiger partial charge in [0.15, 0.2) is 0 Å². The van der Waals surface area contributed by atoms with Crippen LogP contribution in [-0.2, 0) is 0 Å². The molecule has 1 amide bonds. The Labute approximate surface area is 129 Å². The second kappa shape index (κ2) is 5.92. The predicted molar refractivity (Wildman–Crippen MR) is 84.3 cm³/mol. The molecule has 0 aliphatic rings. The van der Waals surface area contributed by atoms with Gasteiger partial charge in [0.05, 0.1) is 10.5 Å². The first-order chi connectivity index (χ1) is 9.88. The molecular formula is C14H12BrN3O3. The first kappa shape index (κ1) is 15.0. The molecule has 21 heavy (non-hydrogen) atoms. The molecular weight excluding hydrogens is 338 g/mol. The molecule has 2 aromatic rings. The van der Waals surface area contributed by atoms with E-state index >= 15 is 0 Å². The van der Waals surface area contributed by atoms with Gasteiger partial charge in [-0.2, -0.15) is 0 Å². The number of anilines is 2. The maximum absolute atomic E-state index is 12.2. The van der Waals surface area contributed by atoms with Crippen molar-refractivity contribution >= 4 is 38.9 Å². The monoisotopic (exact) mass is 349 g/mol. The maximum atomic E-state index is 12.2. The van der Waals surface area contributed by atoms with Crippen molar-refractivity contribution in [3.8, 4) is 0 Å². The molecule has 0 fully saturated rings. The lowest BCUT2D eigenvalue weighted by molar-refractivity contribution is -0.384. The van der Waals surface area contributed by atoms with Crippen molar-refractivity contribution in [3.63, 3.8) is 0 Å². The molecule has 0 saturated carbocycles. The molecule has 0 bridgehead atoms. The quantitative estimate of drug-likeness (QED) is 0.503. The topological polar surface area (TPSA) is 98.3 Å².